The number of benzene rings is 1. The quantitative estimate of drug-likeness (QED) is 0.790. The summed E-state index contributed by atoms with van der Waals surface area (Å²) in [6, 6.07) is 5.32. The second kappa shape index (κ2) is 3.63. The Hall–Kier alpha value is -0.960. The van der Waals surface area contributed by atoms with Crippen molar-refractivity contribution in [3.05, 3.63) is 34.8 Å². The Morgan fingerprint density at radius 3 is 2.75 bits per heavy atom. The van der Waals surface area contributed by atoms with Gasteiger partial charge < -0.3 is 9.84 Å². The summed E-state index contributed by atoms with van der Waals surface area (Å²) in [4.78, 5) is 0. The molecule has 0 saturated carbocycles. The van der Waals surface area contributed by atoms with Crippen molar-refractivity contribution in [1.82, 2.24) is 0 Å². The van der Waals surface area contributed by atoms with E-state index in [9.17, 15) is 0 Å². The van der Waals surface area contributed by atoms with Crippen LogP contribution in [0.1, 0.15) is 5.56 Å². The van der Waals surface area contributed by atoms with Gasteiger partial charge >= 0.3 is 0 Å². The Morgan fingerprint density at radius 1 is 1.58 bits per heavy atom. The zero-order chi connectivity index (χ0) is 9.14. The minimum absolute atomic E-state index is 0.0285. The largest absolute Gasteiger partial charge is 0.508 e. The summed E-state index contributed by atoms with van der Waals surface area (Å²) in [5.74, 6) is 0.726. The van der Waals surface area contributed by atoms with Crippen LogP contribution in [-0.4, -0.2) is 12.2 Å². The Balaban J connectivity index is 3.17. The van der Waals surface area contributed by atoms with Crippen molar-refractivity contribution < 1.29 is 9.84 Å². The van der Waals surface area contributed by atoms with Crippen LogP contribution in [0.5, 0.6) is 5.75 Å². The second-order valence-electron chi connectivity index (χ2n) is 2.29. The highest BCUT2D eigenvalue weighted by Gasteiger charge is 2.03. The molecule has 0 fully saturated rings. The lowest BCUT2D eigenvalue weighted by atomic mass is 10.2. The average Bonchev–Trinajstić information content (AvgIpc) is 2.05. The molecule has 0 spiro atoms. The fourth-order valence-corrected chi connectivity index (χ4v) is 1.33. The van der Waals surface area contributed by atoms with Crippen molar-refractivity contribution in [2.24, 2.45) is 0 Å². The van der Waals surface area contributed by atoms with Gasteiger partial charge in [-0.05, 0) is 18.2 Å². The van der Waals surface area contributed by atoms with E-state index in [2.05, 4.69) is 22.5 Å². The van der Waals surface area contributed by atoms with E-state index in [1.807, 2.05) is 0 Å². The number of halogens is 1. The number of hydrogen-bond donors (Lipinski definition) is 1. The van der Waals surface area contributed by atoms with Crippen molar-refractivity contribution in [1.29, 1.82) is 0 Å². The van der Waals surface area contributed by atoms with Crippen LogP contribution >= 0.6 is 15.9 Å². The molecule has 0 heterocycles. The molecule has 1 N–H and O–H groups in total. The van der Waals surface area contributed by atoms with Crippen LogP contribution < -0.4 is 4.74 Å². The number of aliphatic hydroxyl groups is 1. The van der Waals surface area contributed by atoms with Gasteiger partial charge in [0, 0.05) is 10.0 Å². The molecule has 0 radical (unpaired) electrons. The zero-order valence-corrected chi connectivity index (χ0v) is 8.26. The molecule has 1 aromatic carbocycles. The molecule has 0 saturated heterocycles. The molecular formula is C9H9BrO2. The first kappa shape index (κ1) is 9.13. The average molecular weight is 229 g/mol. The maximum Gasteiger partial charge on any atom is 0.119 e. The van der Waals surface area contributed by atoms with Gasteiger partial charge in [-0.2, -0.15) is 0 Å². The van der Waals surface area contributed by atoms with E-state index in [0.29, 0.717) is 11.3 Å². The summed E-state index contributed by atoms with van der Waals surface area (Å²) in [6.45, 7) is 3.43. The van der Waals surface area contributed by atoms with E-state index >= 15 is 0 Å². The van der Waals surface area contributed by atoms with Gasteiger partial charge in [0.05, 0.1) is 7.11 Å². The van der Waals surface area contributed by atoms with Gasteiger partial charge in [0.25, 0.3) is 0 Å². The van der Waals surface area contributed by atoms with E-state index in [1.54, 1.807) is 25.3 Å². The highest BCUT2D eigenvalue weighted by molar-refractivity contribution is 9.10. The first-order valence-electron chi connectivity index (χ1n) is 3.37. The molecule has 3 heteroatoms. The van der Waals surface area contributed by atoms with Crippen molar-refractivity contribution in [3.8, 4) is 5.75 Å². The van der Waals surface area contributed by atoms with Gasteiger partial charge in [0.2, 0.25) is 0 Å². The summed E-state index contributed by atoms with van der Waals surface area (Å²) in [5, 5.41) is 9.14. The highest BCUT2D eigenvalue weighted by Crippen LogP contribution is 2.26. The lowest BCUT2D eigenvalue weighted by molar-refractivity contribution is 0.414. The minimum Gasteiger partial charge on any atom is -0.508 e. The van der Waals surface area contributed by atoms with Crippen LogP contribution in [-0.2, 0) is 0 Å². The van der Waals surface area contributed by atoms with Gasteiger partial charge in [0.1, 0.15) is 11.5 Å². The Bertz CT molecular complexity index is 307. The number of hydrogen-bond acceptors (Lipinski definition) is 2. The minimum atomic E-state index is 0.0285. The molecule has 0 aliphatic carbocycles. The lowest BCUT2D eigenvalue weighted by Gasteiger charge is -2.04. The fraction of sp³-hybridized carbons (Fsp3) is 0.111. The van der Waals surface area contributed by atoms with Gasteiger partial charge in [-0.3, -0.25) is 0 Å². The normalized spacial score (nSPS) is 9.50. The van der Waals surface area contributed by atoms with Crippen molar-refractivity contribution in [2.45, 2.75) is 0 Å². The van der Waals surface area contributed by atoms with E-state index in [0.717, 1.165) is 4.47 Å². The van der Waals surface area contributed by atoms with E-state index in [-0.39, 0.29) is 5.76 Å². The molecule has 0 aliphatic heterocycles. The van der Waals surface area contributed by atoms with E-state index in [4.69, 9.17) is 9.84 Å². The van der Waals surface area contributed by atoms with E-state index in [1.165, 1.54) is 0 Å². The van der Waals surface area contributed by atoms with E-state index < -0.39 is 0 Å². The molecule has 1 aromatic rings. The van der Waals surface area contributed by atoms with Crippen LogP contribution in [0, 0.1) is 0 Å². The number of ether oxygens (including phenoxy) is 1. The number of methoxy groups -OCH3 is 1. The summed E-state index contributed by atoms with van der Waals surface area (Å²) < 4.78 is 5.79. The second-order valence-corrected chi connectivity index (χ2v) is 3.15. The van der Waals surface area contributed by atoms with Gasteiger partial charge in [-0.15, -0.1) is 0 Å². The molecule has 0 bridgehead atoms. The monoisotopic (exact) mass is 228 g/mol. The molecule has 0 aromatic heterocycles. The first-order valence-corrected chi connectivity index (χ1v) is 4.16. The van der Waals surface area contributed by atoms with Crippen LogP contribution in [0.25, 0.3) is 5.76 Å². The predicted molar refractivity (Wildman–Crippen MR) is 52.4 cm³/mol. The first-order chi connectivity index (χ1) is 5.65. The standard InChI is InChI=1S/C9H9BrO2/c1-6(11)8-5-7(12-2)3-4-9(8)10/h3-5,11H,1H2,2H3. The number of aliphatic hydroxyl groups excluding tert-OH is 1. The van der Waals surface area contributed by atoms with Crippen LogP contribution in [0.4, 0.5) is 0 Å². The van der Waals surface area contributed by atoms with Crippen LogP contribution in [0.2, 0.25) is 0 Å². The topological polar surface area (TPSA) is 29.5 Å². The molecule has 0 amide bonds. The lowest BCUT2D eigenvalue weighted by Crippen LogP contribution is -1.87. The molecule has 1 rings (SSSR count). The third kappa shape index (κ3) is 1.80. The summed E-state index contributed by atoms with van der Waals surface area (Å²) >= 11 is 3.28. The summed E-state index contributed by atoms with van der Waals surface area (Å²) in [7, 11) is 1.58. The molecule has 2 nitrogen and oxygen atoms in total. The van der Waals surface area contributed by atoms with Crippen molar-refractivity contribution in [2.75, 3.05) is 7.11 Å². The Morgan fingerprint density at radius 2 is 2.25 bits per heavy atom. The Kier molecular flexibility index (Phi) is 2.76. The predicted octanol–water partition coefficient (Wildman–Crippen LogP) is 2.99. The molecule has 0 unspecified atom stereocenters. The van der Waals surface area contributed by atoms with Crippen LogP contribution in [0.15, 0.2) is 29.3 Å². The van der Waals surface area contributed by atoms with Crippen LogP contribution in [0.3, 0.4) is 0 Å². The zero-order valence-electron chi connectivity index (χ0n) is 6.67. The maximum absolute atomic E-state index is 9.14. The molecular weight excluding hydrogens is 220 g/mol. The molecule has 12 heavy (non-hydrogen) atoms. The summed E-state index contributed by atoms with van der Waals surface area (Å²) in [5.41, 5.74) is 0.648. The highest BCUT2D eigenvalue weighted by atomic mass is 79.9. The fourth-order valence-electron chi connectivity index (χ4n) is 0.853. The Labute approximate surface area is 79.6 Å². The van der Waals surface area contributed by atoms with Gasteiger partial charge in [0.15, 0.2) is 0 Å². The molecule has 0 atom stereocenters. The third-order valence-electron chi connectivity index (χ3n) is 1.48. The van der Waals surface area contributed by atoms with Gasteiger partial charge in [-0.25, -0.2) is 0 Å². The van der Waals surface area contributed by atoms with Crippen molar-refractivity contribution in [3.63, 3.8) is 0 Å². The number of rotatable bonds is 2. The third-order valence-corrected chi connectivity index (χ3v) is 2.18. The van der Waals surface area contributed by atoms with Gasteiger partial charge in [-0.1, -0.05) is 22.5 Å². The molecule has 0 aliphatic rings. The van der Waals surface area contributed by atoms with Crippen molar-refractivity contribution >= 4 is 21.7 Å². The smallest absolute Gasteiger partial charge is 0.119 e. The SMILES string of the molecule is C=C(O)c1cc(OC)ccc1Br. The summed E-state index contributed by atoms with van der Waals surface area (Å²) in [6.07, 6.45) is 0. The molecule has 64 valence electrons. The maximum atomic E-state index is 9.14.